The molecule has 0 amide bonds. The highest BCUT2D eigenvalue weighted by atomic mass is 79.9. The van der Waals surface area contributed by atoms with Crippen molar-refractivity contribution in [1.82, 2.24) is 4.31 Å². The molecular formula is C13H19BrN2O2S. The summed E-state index contributed by atoms with van der Waals surface area (Å²) in [5, 5.41) is 0. The molecule has 0 N–H and O–H groups in total. The van der Waals surface area contributed by atoms with Crippen LogP contribution in [-0.4, -0.2) is 44.7 Å². The smallest absolute Gasteiger partial charge is 0.244 e. The average Bonchev–Trinajstić information content (AvgIpc) is 2.39. The number of halogens is 1. The average molecular weight is 347 g/mol. The molecular weight excluding hydrogens is 328 g/mol. The summed E-state index contributed by atoms with van der Waals surface area (Å²) in [5.74, 6) is 0. The van der Waals surface area contributed by atoms with Crippen LogP contribution in [0.1, 0.15) is 12.8 Å². The van der Waals surface area contributed by atoms with Gasteiger partial charge in [-0.15, -0.1) is 0 Å². The van der Waals surface area contributed by atoms with Crippen LogP contribution in [0.4, 0.5) is 5.69 Å². The van der Waals surface area contributed by atoms with Gasteiger partial charge in [-0.05, 0) is 25.0 Å². The highest BCUT2D eigenvalue weighted by Gasteiger charge is 2.25. The van der Waals surface area contributed by atoms with Crippen LogP contribution >= 0.6 is 15.9 Å². The number of nitrogens with zero attached hydrogens (tertiary/aromatic N) is 2. The maximum atomic E-state index is 12.3. The van der Waals surface area contributed by atoms with Crippen molar-refractivity contribution in [2.45, 2.75) is 22.6 Å². The normalized spacial score (nSPS) is 18.0. The standard InChI is InChI=1S/C13H19BrN2O2S/c1-15(2)19(17,18)13-6-4-3-5-12(13)16-9-7-11(14)8-10-16/h3-6,11H,7-10H2,1-2H3. The van der Waals surface area contributed by atoms with E-state index in [9.17, 15) is 8.42 Å². The lowest BCUT2D eigenvalue weighted by atomic mass is 10.1. The van der Waals surface area contributed by atoms with E-state index in [1.165, 1.54) is 4.31 Å². The predicted octanol–water partition coefficient (Wildman–Crippen LogP) is 2.30. The molecule has 1 aromatic rings. The number of piperidine rings is 1. The minimum atomic E-state index is -3.39. The first-order valence-corrected chi connectivity index (χ1v) is 8.69. The Balaban J connectivity index is 2.37. The summed E-state index contributed by atoms with van der Waals surface area (Å²) in [6.45, 7) is 1.77. The van der Waals surface area contributed by atoms with Crippen molar-refractivity contribution in [2.24, 2.45) is 0 Å². The lowest BCUT2D eigenvalue weighted by Crippen LogP contribution is -2.35. The summed E-state index contributed by atoms with van der Waals surface area (Å²) in [5.41, 5.74) is 0.815. The van der Waals surface area contributed by atoms with Crippen molar-refractivity contribution >= 4 is 31.6 Å². The minimum Gasteiger partial charge on any atom is -0.370 e. The minimum absolute atomic E-state index is 0.396. The van der Waals surface area contributed by atoms with Crippen LogP contribution < -0.4 is 4.90 Å². The van der Waals surface area contributed by atoms with Crippen molar-refractivity contribution in [2.75, 3.05) is 32.1 Å². The molecule has 1 heterocycles. The van der Waals surface area contributed by atoms with E-state index in [1.807, 2.05) is 12.1 Å². The molecule has 0 spiro atoms. The number of sulfonamides is 1. The third-order valence-corrected chi connectivity index (χ3v) is 6.17. The number of rotatable bonds is 3. The summed E-state index contributed by atoms with van der Waals surface area (Å²) in [7, 11) is -0.258. The van der Waals surface area contributed by atoms with Gasteiger partial charge >= 0.3 is 0 Å². The summed E-state index contributed by atoms with van der Waals surface area (Å²) in [6, 6.07) is 7.25. The largest absolute Gasteiger partial charge is 0.370 e. The Hall–Kier alpha value is -0.590. The van der Waals surface area contributed by atoms with E-state index in [2.05, 4.69) is 20.8 Å². The Morgan fingerprint density at radius 3 is 2.37 bits per heavy atom. The second kappa shape index (κ2) is 5.81. The Morgan fingerprint density at radius 1 is 1.21 bits per heavy atom. The molecule has 1 fully saturated rings. The van der Waals surface area contributed by atoms with Gasteiger partial charge in [0.25, 0.3) is 0 Å². The van der Waals surface area contributed by atoms with Crippen molar-refractivity contribution < 1.29 is 8.42 Å². The lowest BCUT2D eigenvalue weighted by Gasteiger charge is -2.33. The number of para-hydroxylation sites is 1. The molecule has 0 atom stereocenters. The summed E-state index contributed by atoms with van der Waals surface area (Å²) >= 11 is 3.62. The summed E-state index contributed by atoms with van der Waals surface area (Å²) in [4.78, 5) is 3.10. The second-order valence-corrected chi connectivity index (χ2v) is 8.33. The molecule has 0 aromatic heterocycles. The molecule has 4 nitrogen and oxygen atoms in total. The molecule has 1 aromatic carbocycles. The van der Waals surface area contributed by atoms with Gasteiger partial charge in [0, 0.05) is 32.0 Å². The molecule has 0 bridgehead atoms. The van der Waals surface area contributed by atoms with Gasteiger partial charge in [-0.1, -0.05) is 28.1 Å². The van der Waals surface area contributed by atoms with Gasteiger partial charge in [0.2, 0.25) is 10.0 Å². The molecule has 2 rings (SSSR count). The molecule has 106 valence electrons. The molecule has 1 aliphatic rings. The maximum Gasteiger partial charge on any atom is 0.244 e. The Labute approximate surface area is 123 Å². The van der Waals surface area contributed by atoms with Crippen LogP contribution in [0.5, 0.6) is 0 Å². The van der Waals surface area contributed by atoms with E-state index in [4.69, 9.17) is 0 Å². The van der Waals surface area contributed by atoms with E-state index in [-0.39, 0.29) is 0 Å². The van der Waals surface area contributed by atoms with Crippen LogP contribution in [0.15, 0.2) is 29.2 Å². The number of hydrogen-bond donors (Lipinski definition) is 0. The van der Waals surface area contributed by atoms with E-state index in [1.54, 1.807) is 26.2 Å². The molecule has 0 aliphatic carbocycles. The van der Waals surface area contributed by atoms with Crippen LogP contribution in [0, 0.1) is 0 Å². The number of benzene rings is 1. The SMILES string of the molecule is CN(C)S(=O)(=O)c1ccccc1N1CCC(Br)CC1. The van der Waals surface area contributed by atoms with E-state index >= 15 is 0 Å². The number of alkyl halides is 1. The Morgan fingerprint density at radius 2 is 1.79 bits per heavy atom. The first-order chi connectivity index (χ1) is 8.93. The van der Waals surface area contributed by atoms with E-state index in [0.29, 0.717) is 9.72 Å². The lowest BCUT2D eigenvalue weighted by molar-refractivity contribution is 0.519. The third-order valence-electron chi connectivity index (χ3n) is 3.39. The third kappa shape index (κ3) is 3.12. The van der Waals surface area contributed by atoms with Crippen molar-refractivity contribution in [1.29, 1.82) is 0 Å². The maximum absolute atomic E-state index is 12.3. The second-order valence-electron chi connectivity index (χ2n) is 4.92. The fourth-order valence-corrected chi connectivity index (χ4v) is 3.74. The Bertz CT molecular complexity index is 537. The fourth-order valence-electron chi connectivity index (χ4n) is 2.22. The topological polar surface area (TPSA) is 40.6 Å². The molecule has 6 heteroatoms. The quantitative estimate of drug-likeness (QED) is 0.788. The number of hydrogen-bond acceptors (Lipinski definition) is 3. The molecule has 0 unspecified atom stereocenters. The van der Waals surface area contributed by atoms with Crippen molar-refractivity contribution in [3.8, 4) is 0 Å². The van der Waals surface area contributed by atoms with E-state index < -0.39 is 10.0 Å². The zero-order chi connectivity index (χ0) is 14.0. The van der Waals surface area contributed by atoms with Crippen LogP contribution in [0.2, 0.25) is 0 Å². The zero-order valence-corrected chi connectivity index (χ0v) is 13.6. The van der Waals surface area contributed by atoms with Gasteiger partial charge in [-0.25, -0.2) is 12.7 Å². The van der Waals surface area contributed by atoms with Crippen LogP contribution in [-0.2, 0) is 10.0 Å². The van der Waals surface area contributed by atoms with E-state index in [0.717, 1.165) is 31.6 Å². The highest BCUT2D eigenvalue weighted by Crippen LogP contribution is 2.30. The van der Waals surface area contributed by atoms with Gasteiger partial charge in [-0.2, -0.15) is 0 Å². The molecule has 19 heavy (non-hydrogen) atoms. The van der Waals surface area contributed by atoms with Crippen molar-refractivity contribution in [3.63, 3.8) is 0 Å². The first-order valence-electron chi connectivity index (χ1n) is 6.33. The summed E-state index contributed by atoms with van der Waals surface area (Å²) in [6.07, 6.45) is 2.08. The predicted molar refractivity (Wildman–Crippen MR) is 81.5 cm³/mol. The Kier molecular flexibility index (Phi) is 4.53. The highest BCUT2D eigenvalue weighted by molar-refractivity contribution is 9.09. The van der Waals surface area contributed by atoms with Crippen LogP contribution in [0.25, 0.3) is 0 Å². The fraction of sp³-hybridized carbons (Fsp3) is 0.538. The molecule has 1 aliphatic heterocycles. The molecule has 0 radical (unpaired) electrons. The van der Waals surface area contributed by atoms with Gasteiger partial charge in [0.05, 0.1) is 5.69 Å². The first kappa shape index (κ1) is 14.8. The molecule has 0 saturated carbocycles. The molecule has 1 saturated heterocycles. The summed E-state index contributed by atoms with van der Waals surface area (Å²) < 4.78 is 26.0. The van der Waals surface area contributed by atoms with Crippen LogP contribution in [0.3, 0.4) is 0 Å². The van der Waals surface area contributed by atoms with Gasteiger partial charge in [0.15, 0.2) is 0 Å². The zero-order valence-electron chi connectivity index (χ0n) is 11.2. The van der Waals surface area contributed by atoms with Gasteiger partial charge < -0.3 is 4.90 Å². The number of anilines is 1. The van der Waals surface area contributed by atoms with Gasteiger partial charge in [0.1, 0.15) is 4.90 Å². The van der Waals surface area contributed by atoms with Crippen molar-refractivity contribution in [3.05, 3.63) is 24.3 Å². The van der Waals surface area contributed by atoms with Gasteiger partial charge in [-0.3, -0.25) is 0 Å². The monoisotopic (exact) mass is 346 g/mol.